The van der Waals surface area contributed by atoms with E-state index in [9.17, 15) is 4.79 Å². The van der Waals surface area contributed by atoms with Gasteiger partial charge in [-0.25, -0.2) is 0 Å². The number of nitrogens with two attached hydrogens (primary N) is 1. The van der Waals surface area contributed by atoms with Crippen LogP contribution in [0.5, 0.6) is 5.75 Å². The number of rotatable bonds is 1. The lowest BCUT2D eigenvalue weighted by molar-refractivity contribution is 0.0985. The van der Waals surface area contributed by atoms with Gasteiger partial charge in [0.1, 0.15) is 11.4 Å². The quantitative estimate of drug-likeness (QED) is 0.760. The summed E-state index contributed by atoms with van der Waals surface area (Å²) in [6.07, 6.45) is 0.829. The van der Waals surface area contributed by atoms with Crippen LogP contribution < -0.4 is 10.5 Å². The van der Waals surface area contributed by atoms with Gasteiger partial charge in [-0.15, -0.1) is 0 Å². The minimum absolute atomic E-state index is 0.237. The van der Waals surface area contributed by atoms with E-state index in [-0.39, 0.29) is 5.60 Å². The molecule has 3 heteroatoms. The fraction of sp³-hybridized carbons (Fsp3) is 0.417. The Morgan fingerprint density at radius 3 is 2.73 bits per heavy atom. The fourth-order valence-electron chi connectivity index (χ4n) is 1.99. The highest BCUT2D eigenvalue weighted by molar-refractivity contribution is 5.96. The molecule has 0 radical (unpaired) electrons. The maximum Gasteiger partial charge on any atom is 0.252 e. The Morgan fingerprint density at radius 1 is 1.47 bits per heavy atom. The highest BCUT2D eigenvalue weighted by atomic mass is 16.5. The van der Waals surface area contributed by atoms with E-state index in [0.29, 0.717) is 11.3 Å². The van der Waals surface area contributed by atoms with Crippen molar-refractivity contribution in [3.63, 3.8) is 0 Å². The molecule has 1 aliphatic heterocycles. The second-order valence-corrected chi connectivity index (χ2v) is 4.64. The van der Waals surface area contributed by atoms with Crippen molar-refractivity contribution < 1.29 is 9.53 Å². The normalized spacial score (nSPS) is 17.0. The van der Waals surface area contributed by atoms with Crippen molar-refractivity contribution in [3.05, 3.63) is 28.8 Å². The molecule has 0 aromatic heterocycles. The van der Waals surface area contributed by atoms with E-state index < -0.39 is 5.91 Å². The first-order valence-corrected chi connectivity index (χ1v) is 5.02. The van der Waals surface area contributed by atoms with Crippen LogP contribution in [0, 0.1) is 6.92 Å². The molecule has 15 heavy (non-hydrogen) atoms. The van der Waals surface area contributed by atoms with Gasteiger partial charge in [-0.1, -0.05) is 6.07 Å². The predicted molar refractivity (Wildman–Crippen MR) is 58.1 cm³/mol. The number of carbonyl (C=O) groups excluding carboxylic acids is 1. The van der Waals surface area contributed by atoms with Gasteiger partial charge in [-0.05, 0) is 32.4 Å². The number of benzene rings is 1. The van der Waals surface area contributed by atoms with E-state index >= 15 is 0 Å². The molecular formula is C12H15NO2. The molecule has 2 rings (SSSR count). The highest BCUT2D eigenvalue weighted by Gasteiger charge is 2.33. The molecule has 0 atom stereocenters. The van der Waals surface area contributed by atoms with E-state index in [1.165, 1.54) is 0 Å². The lowest BCUT2D eigenvalue weighted by atomic mass is 9.96. The Hall–Kier alpha value is -1.51. The maximum absolute atomic E-state index is 11.2. The van der Waals surface area contributed by atoms with E-state index in [2.05, 4.69) is 0 Å². The smallest absolute Gasteiger partial charge is 0.252 e. The molecule has 0 bridgehead atoms. The molecule has 1 aliphatic rings. The predicted octanol–water partition coefficient (Wildman–Crippen LogP) is 1.81. The Kier molecular flexibility index (Phi) is 2.00. The maximum atomic E-state index is 11.2. The largest absolute Gasteiger partial charge is 0.486 e. The summed E-state index contributed by atoms with van der Waals surface area (Å²) in [5, 5.41) is 0. The third-order valence-electron chi connectivity index (χ3n) is 2.74. The van der Waals surface area contributed by atoms with Gasteiger partial charge in [0.15, 0.2) is 0 Å². The van der Waals surface area contributed by atoms with Crippen molar-refractivity contribution in [2.24, 2.45) is 5.73 Å². The molecule has 80 valence electrons. The summed E-state index contributed by atoms with van der Waals surface area (Å²) in [6, 6.07) is 3.65. The van der Waals surface area contributed by atoms with E-state index in [0.717, 1.165) is 17.5 Å². The molecule has 1 heterocycles. The molecule has 0 unspecified atom stereocenters. The van der Waals surface area contributed by atoms with Gasteiger partial charge >= 0.3 is 0 Å². The van der Waals surface area contributed by atoms with Crippen LogP contribution in [0.25, 0.3) is 0 Å². The average Bonchev–Trinajstić information content (AvgIpc) is 2.41. The molecule has 2 N–H and O–H groups in total. The summed E-state index contributed by atoms with van der Waals surface area (Å²) >= 11 is 0. The van der Waals surface area contributed by atoms with Crippen LogP contribution in [0.1, 0.15) is 35.3 Å². The molecule has 0 aliphatic carbocycles. The first kappa shape index (κ1) is 10.0. The van der Waals surface area contributed by atoms with Gasteiger partial charge < -0.3 is 10.5 Å². The molecule has 1 amide bonds. The van der Waals surface area contributed by atoms with Gasteiger partial charge in [0.05, 0.1) is 5.56 Å². The highest BCUT2D eigenvalue weighted by Crippen LogP contribution is 2.39. The van der Waals surface area contributed by atoms with Crippen molar-refractivity contribution in [1.82, 2.24) is 0 Å². The zero-order valence-corrected chi connectivity index (χ0v) is 9.26. The minimum Gasteiger partial charge on any atom is -0.486 e. The SMILES string of the molecule is Cc1ccc(C(N)=O)c2c1CC(C)(C)O2. The second kappa shape index (κ2) is 2.99. The van der Waals surface area contributed by atoms with Crippen LogP contribution in [0.2, 0.25) is 0 Å². The number of hydrogen-bond acceptors (Lipinski definition) is 2. The molecular weight excluding hydrogens is 190 g/mol. The zero-order chi connectivity index (χ0) is 11.2. The molecule has 3 nitrogen and oxygen atoms in total. The Bertz CT molecular complexity index is 435. The minimum atomic E-state index is -0.427. The number of primary amides is 1. The van der Waals surface area contributed by atoms with Crippen LogP contribution in [-0.2, 0) is 6.42 Å². The van der Waals surface area contributed by atoms with Crippen LogP contribution in [0.15, 0.2) is 12.1 Å². The van der Waals surface area contributed by atoms with Gasteiger partial charge in [0.2, 0.25) is 0 Å². The second-order valence-electron chi connectivity index (χ2n) is 4.64. The summed E-state index contributed by atoms with van der Waals surface area (Å²) in [5.41, 5.74) is 7.82. The first-order valence-electron chi connectivity index (χ1n) is 5.02. The monoisotopic (exact) mass is 205 g/mol. The number of carbonyl (C=O) groups is 1. The summed E-state index contributed by atoms with van der Waals surface area (Å²) < 4.78 is 5.77. The molecule has 1 aromatic rings. The van der Waals surface area contributed by atoms with Crippen molar-refractivity contribution in [1.29, 1.82) is 0 Å². The van der Waals surface area contributed by atoms with Crippen LogP contribution in [0.3, 0.4) is 0 Å². The fourth-order valence-corrected chi connectivity index (χ4v) is 1.99. The van der Waals surface area contributed by atoms with Crippen molar-refractivity contribution >= 4 is 5.91 Å². The number of hydrogen-bond donors (Lipinski definition) is 1. The molecule has 0 saturated heterocycles. The third-order valence-corrected chi connectivity index (χ3v) is 2.74. The van der Waals surface area contributed by atoms with E-state index in [1.807, 2.05) is 26.8 Å². The summed E-state index contributed by atoms with van der Waals surface area (Å²) in [6.45, 7) is 6.04. The van der Waals surface area contributed by atoms with Crippen LogP contribution in [0.4, 0.5) is 0 Å². The lowest BCUT2D eigenvalue weighted by Crippen LogP contribution is -2.25. The zero-order valence-electron chi connectivity index (χ0n) is 9.26. The van der Waals surface area contributed by atoms with E-state index in [1.54, 1.807) is 6.07 Å². The van der Waals surface area contributed by atoms with Crippen LogP contribution in [-0.4, -0.2) is 11.5 Å². The summed E-state index contributed by atoms with van der Waals surface area (Å²) in [4.78, 5) is 11.2. The summed E-state index contributed by atoms with van der Waals surface area (Å²) in [7, 11) is 0. The van der Waals surface area contributed by atoms with Gasteiger partial charge in [-0.3, -0.25) is 4.79 Å². The third kappa shape index (κ3) is 1.58. The van der Waals surface area contributed by atoms with Gasteiger partial charge in [-0.2, -0.15) is 0 Å². The Labute approximate surface area is 89.2 Å². The molecule has 0 spiro atoms. The van der Waals surface area contributed by atoms with E-state index in [4.69, 9.17) is 10.5 Å². The number of ether oxygens (including phenoxy) is 1. The summed E-state index contributed by atoms with van der Waals surface area (Å²) in [5.74, 6) is 0.247. The number of amides is 1. The molecule has 1 aromatic carbocycles. The van der Waals surface area contributed by atoms with Crippen molar-refractivity contribution in [2.75, 3.05) is 0 Å². The lowest BCUT2D eigenvalue weighted by Gasteiger charge is -2.17. The van der Waals surface area contributed by atoms with Gasteiger partial charge in [0.25, 0.3) is 5.91 Å². The molecule has 0 fully saturated rings. The van der Waals surface area contributed by atoms with Crippen LogP contribution >= 0.6 is 0 Å². The Balaban J connectivity index is 2.60. The first-order chi connectivity index (χ1) is 6.91. The van der Waals surface area contributed by atoms with Crippen molar-refractivity contribution in [3.8, 4) is 5.75 Å². The van der Waals surface area contributed by atoms with Gasteiger partial charge in [0, 0.05) is 12.0 Å². The standard InChI is InChI=1S/C12H15NO2/c1-7-4-5-8(11(13)14)10-9(7)6-12(2,3)15-10/h4-5H,6H2,1-3H3,(H2,13,14). The molecule has 0 saturated carbocycles. The number of aryl methyl sites for hydroxylation is 1. The topological polar surface area (TPSA) is 52.3 Å². The average molecular weight is 205 g/mol. The van der Waals surface area contributed by atoms with Crippen molar-refractivity contribution in [2.45, 2.75) is 32.8 Å². The Morgan fingerprint density at radius 2 is 2.13 bits per heavy atom. The number of fused-ring (bicyclic) bond motifs is 1.